The number of nitrogens with one attached hydrogen (secondary N) is 1. The number of amides is 1. The summed E-state index contributed by atoms with van der Waals surface area (Å²) in [7, 11) is 0. The second-order valence-electron chi connectivity index (χ2n) is 4.58. The fourth-order valence-corrected chi connectivity index (χ4v) is 2.40. The number of nitrogens with zero attached hydrogens (tertiary/aromatic N) is 1. The molecular weight excluding hydrogens is 299 g/mol. The van der Waals surface area contributed by atoms with Crippen molar-refractivity contribution in [3.8, 4) is 6.07 Å². The fraction of sp³-hybridized carbons (Fsp3) is 0.385. The summed E-state index contributed by atoms with van der Waals surface area (Å²) in [4.78, 5) is 12.0. The number of nitriles is 1. The summed E-state index contributed by atoms with van der Waals surface area (Å²) in [5.74, 6) is -0.767. The molecule has 1 saturated carbocycles. The van der Waals surface area contributed by atoms with Crippen LogP contribution in [0.3, 0.4) is 0 Å². The molecular formula is C13H12BrFN2O. The zero-order valence-electron chi connectivity index (χ0n) is 9.89. The van der Waals surface area contributed by atoms with E-state index in [1.807, 2.05) is 0 Å². The van der Waals surface area contributed by atoms with E-state index in [9.17, 15) is 9.18 Å². The zero-order valence-corrected chi connectivity index (χ0v) is 11.5. The number of rotatable bonds is 2. The van der Waals surface area contributed by atoms with Gasteiger partial charge in [-0.25, -0.2) is 4.39 Å². The Bertz CT molecular complexity index is 547. The molecule has 0 bridgehead atoms. The van der Waals surface area contributed by atoms with E-state index < -0.39 is 11.2 Å². The van der Waals surface area contributed by atoms with Gasteiger partial charge in [0.2, 0.25) is 5.91 Å². The molecule has 5 heteroatoms. The van der Waals surface area contributed by atoms with Crippen LogP contribution >= 0.6 is 15.9 Å². The number of carbonyl (C=O) groups excluding carboxylic acids is 1. The molecule has 1 amide bonds. The average Bonchev–Trinajstić information content (AvgIpc) is 2.25. The van der Waals surface area contributed by atoms with Crippen LogP contribution in [0.25, 0.3) is 0 Å². The lowest BCUT2D eigenvalue weighted by Crippen LogP contribution is -2.40. The molecule has 3 nitrogen and oxygen atoms in total. The molecule has 18 heavy (non-hydrogen) atoms. The van der Waals surface area contributed by atoms with Crippen LogP contribution in [0.15, 0.2) is 16.6 Å². The molecule has 1 N–H and O–H groups in total. The third-order valence-corrected chi connectivity index (χ3v) is 3.98. The minimum Gasteiger partial charge on any atom is -0.324 e. The van der Waals surface area contributed by atoms with Crippen molar-refractivity contribution in [2.24, 2.45) is 5.41 Å². The van der Waals surface area contributed by atoms with Crippen molar-refractivity contribution < 1.29 is 9.18 Å². The molecule has 1 fully saturated rings. The molecule has 0 saturated heterocycles. The standard InChI is InChI=1S/C13H12BrFN2O/c1-8-5-9(14)10(15)6-11(8)17-12(18)13(7-16)3-2-4-13/h5-6H,2-4H2,1H3,(H,17,18). The lowest BCUT2D eigenvalue weighted by Gasteiger charge is -2.33. The van der Waals surface area contributed by atoms with E-state index in [1.54, 1.807) is 13.0 Å². The molecule has 0 heterocycles. The summed E-state index contributed by atoms with van der Waals surface area (Å²) in [6.45, 7) is 1.78. The molecule has 1 aromatic rings. The van der Waals surface area contributed by atoms with Crippen LogP contribution in [0.2, 0.25) is 0 Å². The van der Waals surface area contributed by atoms with Crippen molar-refractivity contribution in [1.29, 1.82) is 5.26 Å². The second-order valence-corrected chi connectivity index (χ2v) is 5.44. The zero-order chi connectivity index (χ0) is 13.3. The number of anilines is 1. The van der Waals surface area contributed by atoms with Gasteiger partial charge in [0, 0.05) is 5.69 Å². The van der Waals surface area contributed by atoms with Gasteiger partial charge in [0.1, 0.15) is 11.2 Å². The Morgan fingerprint density at radius 3 is 2.72 bits per heavy atom. The Morgan fingerprint density at radius 2 is 2.22 bits per heavy atom. The minimum atomic E-state index is -0.921. The molecule has 1 aliphatic rings. The molecule has 0 aromatic heterocycles. The topological polar surface area (TPSA) is 52.9 Å². The van der Waals surface area contributed by atoms with Crippen molar-refractivity contribution >= 4 is 27.5 Å². The van der Waals surface area contributed by atoms with Gasteiger partial charge in [0.15, 0.2) is 0 Å². The smallest absolute Gasteiger partial charge is 0.244 e. The summed E-state index contributed by atoms with van der Waals surface area (Å²) >= 11 is 3.08. The van der Waals surface area contributed by atoms with E-state index in [0.29, 0.717) is 23.0 Å². The molecule has 0 atom stereocenters. The van der Waals surface area contributed by atoms with Crippen LogP contribution in [0, 0.1) is 29.5 Å². The summed E-state index contributed by atoms with van der Waals surface area (Å²) in [6.07, 6.45) is 2.04. The van der Waals surface area contributed by atoms with Crippen molar-refractivity contribution in [2.45, 2.75) is 26.2 Å². The van der Waals surface area contributed by atoms with Gasteiger partial charge >= 0.3 is 0 Å². The van der Waals surface area contributed by atoms with Gasteiger partial charge in [-0.05, 0) is 59.8 Å². The third-order valence-electron chi connectivity index (χ3n) is 3.37. The molecule has 0 radical (unpaired) electrons. The van der Waals surface area contributed by atoms with Gasteiger partial charge in [0.05, 0.1) is 10.5 Å². The third kappa shape index (κ3) is 2.13. The first kappa shape index (κ1) is 13.0. The molecule has 0 unspecified atom stereocenters. The van der Waals surface area contributed by atoms with Gasteiger partial charge in [-0.1, -0.05) is 0 Å². The second kappa shape index (κ2) is 4.69. The maximum absolute atomic E-state index is 13.4. The first-order valence-corrected chi connectivity index (χ1v) is 6.46. The average molecular weight is 311 g/mol. The Labute approximate surface area is 113 Å². The molecule has 94 valence electrons. The lowest BCUT2D eigenvalue weighted by atomic mass is 9.69. The number of carbonyl (C=O) groups is 1. The van der Waals surface area contributed by atoms with E-state index in [2.05, 4.69) is 27.3 Å². The summed E-state index contributed by atoms with van der Waals surface area (Å²) < 4.78 is 13.8. The Balaban J connectivity index is 2.22. The summed E-state index contributed by atoms with van der Waals surface area (Å²) in [5, 5.41) is 11.7. The van der Waals surface area contributed by atoms with E-state index in [-0.39, 0.29) is 5.91 Å². The molecule has 0 aliphatic heterocycles. The largest absolute Gasteiger partial charge is 0.324 e. The lowest BCUT2D eigenvalue weighted by molar-refractivity contribution is -0.126. The van der Waals surface area contributed by atoms with Gasteiger partial charge in [-0.2, -0.15) is 5.26 Å². The van der Waals surface area contributed by atoms with E-state index in [1.165, 1.54) is 6.07 Å². The maximum Gasteiger partial charge on any atom is 0.244 e. The predicted octanol–water partition coefficient (Wildman–Crippen LogP) is 3.53. The Kier molecular flexibility index (Phi) is 3.40. The van der Waals surface area contributed by atoms with Crippen LogP contribution in [0.1, 0.15) is 24.8 Å². The maximum atomic E-state index is 13.4. The highest BCUT2D eigenvalue weighted by molar-refractivity contribution is 9.10. The number of halogens is 2. The van der Waals surface area contributed by atoms with E-state index >= 15 is 0 Å². The summed E-state index contributed by atoms with van der Waals surface area (Å²) in [5.41, 5.74) is 0.252. The van der Waals surface area contributed by atoms with Crippen molar-refractivity contribution in [3.63, 3.8) is 0 Å². The Hall–Kier alpha value is -1.41. The first-order chi connectivity index (χ1) is 8.48. The summed E-state index contributed by atoms with van der Waals surface area (Å²) in [6, 6.07) is 4.93. The van der Waals surface area contributed by atoms with Crippen LogP contribution in [0.4, 0.5) is 10.1 Å². The van der Waals surface area contributed by atoms with Crippen LogP contribution in [0.5, 0.6) is 0 Å². The quantitative estimate of drug-likeness (QED) is 0.908. The molecule has 1 aliphatic carbocycles. The number of benzene rings is 1. The molecule has 2 rings (SSSR count). The van der Waals surface area contributed by atoms with Gasteiger partial charge in [-0.3, -0.25) is 4.79 Å². The van der Waals surface area contributed by atoms with Crippen LogP contribution in [-0.4, -0.2) is 5.91 Å². The van der Waals surface area contributed by atoms with E-state index in [4.69, 9.17) is 5.26 Å². The normalized spacial score (nSPS) is 16.6. The van der Waals surface area contributed by atoms with Crippen LogP contribution in [-0.2, 0) is 4.79 Å². The SMILES string of the molecule is Cc1cc(Br)c(F)cc1NC(=O)C1(C#N)CCC1. The number of hydrogen-bond donors (Lipinski definition) is 1. The number of aryl methyl sites for hydroxylation is 1. The highest BCUT2D eigenvalue weighted by atomic mass is 79.9. The van der Waals surface area contributed by atoms with Gasteiger partial charge in [-0.15, -0.1) is 0 Å². The number of hydrogen-bond acceptors (Lipinski definition) is 2. The van der Waals surface area contributed by atoms with E-state index in [0.717, 1.165) is 12.0 Å². The monoisotopic (exact) mass is 310 g/mol. The van der Waals surface area contributed by atoms with Crippen molar-refractivity contribution in [3.05, 3.63) is 28.0 Å². The van der Waals surface area contributed by atoms with Crippen molar-refractivity contribution in [1.82, 2.24) is 0 Å². The molecule has 0 spiro atoms. The Morgan fingerprint density at radius 1 is 1.56 bits per heavy atom. The highest BCUT2D eigenvalue weighted by Gasteiger charge is 2.44. The highest BCUT2D eigenvalue weighted by Crippen LogP contribution is 2.41. The van der Waals surface area contributed by atoms with Gasteiger partial charge < -0.3 is 5.32 Å². The minimum absolute atomic E-state index is 0.332. The molecule has 1 aromatic carbocycles. The fourth-order valence-electron chi connectivity index (χ4n) is 1.94. The predicted molar refractivity (Wildman–Crippen MR) is 69.4 cm³/mol. The van der Waals surface area contributed by atoms with Gasteiger partial charge in [0.25, 0.3) is 0 Å². The first-order valence-electron chi connectivity index (χ1n) is 5.67. The van der Waals surface area contributed by atoms with Crippen LogP contribution < -0.4 is 5.32 Å². The van der Waals surface area contributed by atoms with Crippen molar-refractivity contribution in [2.75, 3.05) is 5.32 Å².